The molecule has 0 aliphatic carbocycles. The summed E-state index contributed by atoms with van der Waals surface area (Å²) in [5.41, 5.74) is 0.574. The Morgan fingerprint density at radius 1 is 1.35 bits per heavy atom. The number of amides is 1. The van der Waals surface area contributed by atoms with Crippen LogP contribution in [0.25, 0.3) is 0 Å². The molecule has 2 rings (SSSR count). The molecule has 20 heavy (non-hydrogen) atoms. The first-order valence-electron chi connectivity index (χ1n) is 6.31. The average Bonchev–Trinajstić information content (AvgIpc) is 2.71. The molecule has 1 amide bonds. The second-order valence-electron chi connectivity index (χ2n) is 4.43. The highest BCUT2D eigenvalue weighted by atomic mass is 19.4. The van der Waals surface area contributed by atoms with Crippen LogP contribution in [0.3, 0.4) is 0 Å². The molecule has 1 aromatic rings. The topological polar surface area (TPSA) is 41.6 Å². The molecular formula is C13H15F3N2O2. The predicted molar refractivity (Wildman–Crippen MR) is 67.6 cm³/mol. The number of hydrogen-bond donors (Lipinski definition) is 1. The van der Waals surface area contributed by atoms with Crippen molar-refractivity contribution in [2.24, 2.45) is 0 Å². The van der Waals surface area contributed by atoms with E-state index in [0.717, 1.165) is 0 Å². The van der Waals surface area contributed by atoms with Crippen LogP contribution in [0.4, 0.5) is 18.9 Å². The van der Waals surface area contributed by atoms with Crippen molar-refractivity contribution in [1.82, 2.24) is 5.32 Å². The van der Waals surface area contributed by atoms with Gasteiger partial charge in [-0.05, 0) is 37.2 Å². The molecule has 0 bridgehead atoms. The summed E-state index contributed by atoms with van der Waals surface area (Å²) in [6.45, 7) is 3.16. The number of carbonyl (C=O) groups excluding carboxylic acids is 1. The quantitative estimate of drug-likeness (QED) is 0.924. The van der Waals surface area contributed by atoms with E-state index in [0.29, 0.717) is 25.2 Å². The van der Waals surface area contributed by atoms with Gasteiger partial charge in [0.25, 0.3) is 0 Å². The van der Waals surface area contributed by atoms with Crippen LogP contribution in [-0.2, 0) is 4.79 Å². The highest BCUT2D eigenvalue weighted by Crippen LogP contribution is 2.27. The van der Waals surface area contributed by atoms with E-state index in [1.807, 2.05) is 6.92 Å². The Bertz CT molecular complexity index is 473. The van der Waals surface area contributed by atoms with E-state index in [-0.39, 0.29) is 17.7 Å². The van der Waals surface area contributed by atoms with Crippen LogP contribution in [0.15, 0.2) is 24.3 Å². The maximum absolute atomic E-state index is 12.1. The van der Waals surface area contributed by atoms with E-state index in [1.165, 1.54) is 24.3 Å². The predicted octanol–water partition coefficient (Wildman–Crippen LogP) is 2.30. The number of halogens is 3. The third kappa shape index (κ3) is 3.41. The molecule has 1 atom stereocenters. The summed E-state index contributed by atoms with van der Waals surface area (Å²) in [5.74, 6) is -0.354. The molecule has 0 spiro atoms. The highest BCUT2D eigenvalue weighted by molar-refractivity contribution is 5.99. The van der Waals surface area contributed by atoms with Gasteiger partial charge >= 0.3 is 6.36 Å². The van der Waals surface area contributed by atoms with Gasteiger partial charge in [0.1, 0.15) is 5.75 Å². The molecule has 1 fully saturated rings. The van der Waals surface area contributed by atoms with Gasteiger partial charge in [0.15, 0.2) is 0 Å². The maximum atomic E-state index is 12.1. The van der Waals surface area contributed by atoms with Crippen molar-refractivity contribution in [1.29, 1.82) is 0 Å². The zero-order chi connectivity index (χ0) is 14.8. The van der Waals surface area contributed by atoms with Crippen LogP contribution in [0.5, 0.6) is 5.75 Å². The fourth-order valence-corrected chi connectivity index (χ4v) is 2.20. The first kappa shape index (κ1) is 14.6. The number of nitrogens with zero attached hydrogens (tertiary/aromatic N) is 1. The smallest absolute Gasteiger partial charge is 0.406 e. The summed E-state index contributed by atoms with van der Waals surface area (Å²) in [7, 11) is 0. The van der Waals surface area contributed by atoms with Crippen LogP contribution >= 0.6 is 0 Å². The molecular weight excluding hydrogens is 273 g/mol. The van der Waals surface area contributed by atoms with E-state index < -0.39 is 6.36 Å². The maximum Gasteiger partial charge on any atom is 0.573 e. The molecule has 0 aromatic heterocycles. The van der Waals surface area contributed by atoms with Crippen molar-refractivity contribution in [3.05, 3.63) is 24.3 Å². The lowest BCUT2D eigenvalue weighted by Gasteiger charge is -2.17. The Hall–Kier alpha value is -1.76. The van der Waals surface area contributed by atoms with Crippen molar-refractivity contribution in [2.75, 3.05) is 18.0 Å². The number of likely N-dealkylation sites (N-methyl/N-ethyl adjacent to an activating group) is 1. The first-order chi connectivity index (χ1) is 9.40. The molecule has 1 aliphatic heterocycles. The zero-order valence-electron chi connectivity index (χ0n) is 10.9. The minimum absolute atomic E-state index is 0.0589. The number of rotatable bonds is 4. The van der Waals surface area contributed by atoms with Crippen LogP contribution in [0, 0.1) is 0 Å². The number of nitrogens with one attached hydrogen (secondary N) is 1. The first-order valence-corrected chi connectivity index (χ1v) is 6.31. The van der Waals surface area contributed by atoms with Crippen molar-refractivity contribution in [3.8, 4) is 5.75 Å². The van der Waals surface area contributed by atoms with E-state index in [9.17, 15) is 18.0 Å². The standard InChI is InChI=1S/C13H15F3N2O2/c1-2-17-11-7-8-18(12(11)19)9-3-5-10(6-4-9)20-13(14,15)16/h3-6,11,17H,2,7-8H2,1H3. The monoisotopic (exact) mass is 288 g/mol. The molecule has 1 aliphatic rings. The van der Waals surface area contributed by atoms with Gasteiger partial charge in [0.05, 0.1) is 6.04 Å². The number of anilines is 1. The Kier molecular flexibility index (Phi) is 4.17. The third-order valence-corrected chi connectivity index (χ3v) is 3.04. The van der Waals surface area contributed by atoms with Crippen molar-refractivity contribution in [3.63, 3.8) is 0 Å². The number of benzene rings is 1. The fourth-order valence-electron chi connectivity index (χ4n) is 2.20. The lowest BCUT2D eigenvalue weighted by Crippen LogP contribution is -2.38. The minimum Gasteiger partial charge on any atom is -0.406 e. The van der Waals surface area contributed by atoms with Crippen molar-refractivity contribution in [2.45, 2.75) is 25.7 Å². The Morgan fingerprint density at radius 2 is 2.00 bits per heavy atom. The van der Waals surface area contributed by atoms with Gasteiger partial charge in [-0.15, -0.1) is 13.2 Å². The normalized spacial score (nSPS) is 19.5. The van der Waals surface area contributed by atoms with Gasteiger partial charge in [0, 0.05) is 12.2 Å². The SMILES string of the molecule is CCNC1CCN(c2ccc(OC(F)(F)F)cc2)C1=O. The lowest BCUT2D eigenvalue weighted by molar-refractivity contribution is -0.274. The van der Waals surface area contributed by atoms with Gasteiger partial charge in [-0.1, -0.05) is 6.92 Å². The van der Waals surface area contributed by atoms with E-state index in [2.05, 4.69) is 10.1 Å². The molecule has 1 aromatic carbocycles. The number of alkyl halides is 3. The van der Waals surface area contributed by atoms with E-state index in [4.69, 9.17) is 0 Å². The van der Waals surface area contributed by atoms with Gasteiger partial charge in [-0.2, -0.15) is 0 Å². The summed E-state index contributed by atoms with van der Waals surface area (Å²) in [6.07, 6.45) is -4.02. The number of carbonyl (C=O) groups is 1. The van der Waals surface area contributed by atoms with E-state index >= 15 is 0 Å². The number of hydrogen-bond acceptors (Lipinski definition) is 3. The highest BCUT2D eigenvalue weighted by Gasteiger charge is 2.33. The molecule has 0 radical (unpaired) electrons. The lowest BCUT2D eigenvalue weighted by atomic mass is 10.2. The van der Waals surface area contributed by atoms with Crippen LogP contribution in [-0.4, -0.2) is 31.4 Å². The summed E-state index contributed by atoms with van der Waals surface area (Å²) >= 11 is 0. The summed E-state index contributed by atoms with van der Waals surface area (Å²) in [5, 5.41) is 3.07. The number of ether oxygens (including phenoxy) is 1. The van der Waals surface area contributed by atoms with Crippen molar-refractivity contribution < 1.29 is 22.7 Å². The Balaban J connectivity index is 2.06. The molecule has 0 saturated carbocycles. The molecule has 1 saturated heterocycles. The molecule has 1 N–H and O–H groups in total. The summed E-state index contributed by atoms with van der Waals surface area (Å²) in [4.78, 5) is 13.6. The zero-order valence-corrected chi connectivity index (χ0v) is 10.9. The van der Waals surface area contributed by atoms with Crippen LogP contribution in [0.2, 0.25) is 0 Å². The Labute approximate surface area is 114 Å². The summed E-state index contributed by atoms with van der Waals surface area (Å²) in [6, 6.07) is 5.10. The average molecular weight is 288 g/mol. The minimum atomic E-state index is -4.71. The molecule has 110 valence electrons. The molecule has 4 nitrogen and oxygen atoms in total. The Morgan fingerprint density at radius 3 is 2.55 bits per heavy atom. The van der Waals surface area contributed by atoms with Crippen LogP contribution in [0.1, 0.15) is 13.3 Å². The van der Waals surface area contributed by atoms with Crippen LogP contribution < -0.4 is 15.0 Å². The summed E-state index contributed by atoms with van der Waals surface area (Å²) < 4.78 is 39.9. The van der Waals surface area contributed by atoms with Crippen molar-refractivity contribution >= 4 is 11.6 Å². The van der Waals surface area contributed by atoms with Gasteiger partial charge in [-0.3, -0.25) is 4.79 Å². The van der Waals surface area contributed by atoms with Gasteiger partial charge < -0.3 is 15.0 Å². The fraction of sp³-hybridized carbons (Fsp3) is 0.462. The molecule has 7 heteroatoms. The van der Waals surface area contributed by atoms with Gasteiger partial charge in [0.2, 0.25) is 5.91 Å². The molecule has 1 unspecified atom stereocenters. The van der Waals surface area contributed by atoms with E-state index in [1.54, 1.807) is 4.90 Å². The second-order valence-corrected chi connectivity index (χ2v) is 4.43. The largest absolute Gasteiger partial charge is 0.573 e. The van der Waals surface area contributed by atoms with Gasteiger partial charge in [-0.25, -0.2) is 0 Å². The molecule has 1 heterocycles. The third-order valence-electron chi connectivity index (χ3n) is 3.04. The second kappa shape index (κ2) is 5.70.